The van der Waals surface area contributed by atoms with Gasteiger partial charge in [-0.2, -0.15) is 11.8 Å². The highest BCUT2D eigenvalue weighted by molar-refractivity contribution is 7.99. The lowest BCUT2D eigenvalue weighted by atomic mass is 9.99. The van der Waals surface area contributed by atoms with Crippen LogP contribution < -0.4 is 5.32 Å². The number of carbonyl (C=O) groups excluding carboxylic acids is 1. The van der Waals surface area contributed by atoms with Crippen molar-refractivity contribution in [3.8, 4) is 0 Å². The van der Waals surface area contributed by atoms with Crippen LogP contribution in [-0.4, -0.2) is 55.5 Å². The summed E-state index contributed by atoms with van der Waals surface area (Å²) in [5.74, 6) is 0.927. The van der Waals surface area contributed by atoms with E-state index in [1.807, 2.05) is 11.8 Å². The molecule has 0 spiro atoms. The van der Waals surface area contributed by atoms with E-state index in [9.17, 15) is 13.2 Å². The second-order valence-corrected chi connectivity index (χ2v) is 10.1. The molecular formula is C16H30N2O3S2. The Hall–Kier alpha value is -0.270. The van der Waals surface area contributed by atoms with Crippen molar-refractivity contribution in [3.63, 3.8) is 0 Å². The van der Waals surface area contributed by atoms with Crippen molar-refractivity contribution >= 4 is 27.7 Å². The Morgan fingerprint density at radius 1 is 1.17 bits per heavy atom. The van der Waals surface area contributed by atoms with Crippen molar-refractivity contribution in [2.75, 3.05) is 31.6 Å². The van der Waals surface area contributed by atoms with E-state index in [1.165, 1.54) is 42.7 Å². The molecule has 134 valence electrons. The number of carbonyl (C=O) groups is 1. The number of hydrogen-bond acceptors (Lipinski definition) is 4. The summed E-state index contributed by atoms with van der Waals surface area (Å²) >= 11 is 2.05. The van der Waals surface area contributed by atoms with Crippen molar-refractivity contribution in [2.24, 2.45) is 5.92 Å². The smallest absolute Gasteiger partial charge is 0.224 e. The lowest BCUT2D eigenvalue weighted by Crippen LogP contribution is -2.45. The summed E-state index contributed by atoms with van der Waals surface area (Å²) in [5.41, 5.74) is 0. The van der Waals surface area contributed by atoms with Crippen LogP contribution in [0.2, 0.25) is 0 Å². The number of amides is 1. The van der Waals surface area contributed by atoms with Gasteiger partial charge in [0.15, 0.2) is 0 Å². The zero-order valence-corrected chi connectivity index (χ0v) is 15.8. The molecule has 1 amide bonds. The summed E-state index contributed by atoms with van der Waals surface area (Å²) in [6.07, 6.45) is 10.6. The number of sulfonamides is 1. The van der Waals surface area contributed by atoms with Gasteiger partial charge in [-0.25, -0.2) is 12.7 Å². The van der Waals surface area contributed by atoms with Crippen LogP contribution in [0.3, 0.4) is 0 Å². The molecule has 1 aliphatic carbocycles. The summed E-state index contributed by atoms with van der Waals surface area (Å²) in [5, 5.41) is 3.81. The molecule has 0 aromatic carbocycles. The Kier molecular flexibility index (Phi) is 7.69. The Morgan fingerprint density at radius 3 is 2.61 bits per heavy atom. The third-order valence-corrected chi connectivity index (χ3v) is 7.49. The summed E-state index contributed by atoms with van der Waals surface area (Å²) in [4.78, 5) is 12.2. The lowest BCUT2D eigenvalue weighted by molar-refractivity contribution is -0.126. The molecule has 1 aliphatic heterocycles. The average molecular weight is 363 g/mol. The van der Waals surface area contributed by atoms with E-state index in [0.29, 0.717) is 19.6 Å². The van der Waals surface area contributed by atoms with Crippen LogP contribution in [0.15, 0.2) is 0 Å². The normalized spacial score (nSPS) is 24.5. The molecule has 2 rings (SSSR count). The molecule has 1 saturated heterocycles. The highest BCUT2D eigenvalue weighted by atomic mass is 32.2. The van der Waals surface area contributed by atoms with Crippen LogP contribution in [0.5, 0.6) is 0 Å². The maximum absolute atomic E-state index is 12.2. The standard InChI is InChI=1S/C16H30N2O3S2/c1-23(20,21)18-11-5-7-14(13-18)16(19)17-10-6-12-22-15-8-3-2-4-9-15/h14-15H,2-13H2,1H3,(H,17,19). The Morgan fingerprint density at radius 2 is 1.91 bits per heavy atom. The van der Waals surface area contributed by atoms with Gasteiger partial charge in [-0.05, 0) is 37.9 Å². The predicted molar refractivity (Wildman–Crippen MR) is 96.1 cm³/mol. The second-order valence-electron chi connectivity index (χ2n) is 6.74. The quantitative estimate of drug-likeness (QED) is 0.705. The van der Waals surface area contributed by atoms with E-state index in [4.69, 9.17) is 0 Å². The zero-order chi connectivity index (χ0) is 16.7. The first-order valence-corrected chi connectivity index (χ1v) is 11.7. The molecule has 2 aliphatic rings. The molecule has 1 atom stereocenters. The SMILES string of the molecule is CS(=O)(=O)N1CCCC(C(=O)NCCCSC2CCCCC2)C1. The summed E-state index contributed by atoms with van der Waals surface area (Å²) < 4.78 is 24.6. The second kappa shape index (κ2) is 9.28. The molecule has 5 nitrogen and oxygen atoms in total. The molecule has 1 N–H and O–H groups in total. The summed E-state index contributed by atoms with van der Waals surface area (Å²) in [7, 11) is -3.18. The molecule has 1 unspecified atom stereocenters. The Bertz CT molecular complexity index is 476. The summed E-state index contributed by atoms with van der Waals surface area (Å²) in [6.45, 7) is 1.58. The van der Waals surface area contributed by atoms with Crippen LogP contribution in [0.1, 0.15) is 51.4 Å². The molecule has 0 aromatic heterocycles. The number of piperidine rings is 1. The fourth-order valence-corrected chi connectivity index (χ4v) is 5.59. The molecule has 7 heteroatoms. The van der Waals surface area contributed by atoms with Crippen LogP contribution in [0.25, 0.3) is 0 Å². The first-order valence-electron chi connectivity index (χ1n) is 8.81. The zero-order valence-electron chi connectivity index (χ0n) is 14.1. The minimum Gasteiger partial charge on any atom is -0.356 e. The summed E-state index contributed by atoms with van der Waals surface area (Å²) in [6, 6.07) is 0. The van der Waals surface area contributed by atoms with Crippen molar-refractivity contribution in [2.45, 2.75) is 56.6 Å². The highest BCUT2D eigenvalue weighted by Gasteiger charge is 2.29. The maximum atomic E-state index is 12.2. The molecule has 1 heterocycles. The van der Waals surface area contributed by atoms with Gasteiger partial charge in [0.05, 0.1) is 12.2 Å². The number of thioether (sulfide) groups is 1. The lowest BCUT2D eigenvalue weighted by Gasteiger charge is -2.30. The number of nitrogens with zero attached hydrogens (tertiary/aromatic N) is 1. The minimum atomic E-state index is -3.18. The van der Waals surface area contributed by atoms with E-state index >= 15 is 0 Å². The van der Waals surface area contributed by atoms with E-state index in [2.05, 4.69) is 5.32 Å². The third kappa shape index (κ3) is 6.63. The number of nitrogens with one attached hydrogen (secondary N) is 1. The van der Waals surface area contributed by atoms with Crippen molar-refractivity contribution < 1.29 is 13.2 Å². The van der Waals surface area contributed by atoms with Crippen LogP contribution >= 0.6 is 11.8 Å². The largest absolute Gasteiger partial charge is 0.356 e. The van der Waals surface area contributed by atoms with Gasteiger partial charge in [-0.1, -0.05) is 19.3 Å². The van der Waals surface area contributed by atoms with Gasteiger partial charge >= 0.3 is 0 Å². The fraction of sp³-hybridized carbons (Fsp3) is 0.938. The predicted octanol–water partition coefficient (Wildman–Crippen LogP) is 2.23. The molecule has 0 radical (unpaired) electrons. The van der Waals surface area contributed by atoms with E-state index in [1.54, 1.807) is 0 Å². The molecular weight excluding hydrogens is 332 g/mol. The van der Waals surface area contributed by atoms with Gasteiger partial charge in [-0.15, -0.1) is 0 Å². The topological polar surface area (TPSA) is 66.5 Å². The number of rotatable bonds is 7. The van der Waals surface area contributed by atoms with Crippen molar-refractivity contribution in [3.05, 3.63) is 0 Å². The molecule has 0 bridgehead atoms. The van der Waals surface area contributed by atoms with Gasteiger partial charge in [0.2, 0.25) is 15.9 Å². The first-order chi connectivity index (χ1) is 11.0. The minimum absolute atomic E-state index is 0.0148. The van der Waals surface area contributed by atoms with Crippen LogP contribution in [0.4, 0.5) is 0 Å². The molecule has 0 aromatic rings. The Balaban J connectivity index is 1.60. The van der Waals surface area contributed by atoms with Crippen molar-refractivity contribution in [1.29, 1.82) is 0 Å². The molecule has 23 heavy (non-hydrogen) atoms. The fourth-order valence-electron chi connectivity index (χ4n) is 3.37. The average Bonchev–Trinajstić information content (AvgIpc) is 2.54. The van der Waals surface area contributed by atoms with Gasteiger partial charge in [0.25, 0.3) is 0 Å². The van der Waals surface area contributed by atoms with Crippen LogP contribution in [0, 0.1) is 5.92 Å². The first kappa shape index (κ1) is 19.1. The Labute approximate surface area is 145 Å². The van der Waals surface area contributed by atoms with Gasteiger partial charge in [0, 0.05) is 24.9 Å². The molecule has 2 fully saturated rings. The van der Waals surface area contributed by atoms with E-state index < -0.39 is 10.0 Å². The van der Waals surface area contributed by atoms with Crippen LogP contribution in [-0.2, 0) is 14.8 Å². The van der Waals surface area contributed by atoms with Gasteiger partial charge in [0.1, 0.15) is 0 Å². The van der Waals surface area contributed by atoms with Gasteiger partial charge < -0.3 is 5.32 Å². The number of hydrogen-bond donors (Lipinski definition) is 1. The maximum Gasteiger partial charge on any atom is 0.224 e. The van der Waals surface area contributed by atoms with Gasteiger partial charge in [-0.3, -0.25) is 4.79 Å². The van der Waals surface area contributed by atoms with Crippen molar-refractivity contribution in [1.82, 2.24) is 9.62 Å². The highest BCUT2D eigenvalue weighted by Crippen LogP contribution is 2.28. The third-order valence-electron chi connectivity index (χ3n) is 4.75. The van der Waals surface area contributed by atoms with E-state index in [-0.39, 0.29) is 11.8 Å². The monoisotopic (exact) mass is 362 g/mol. The van der Waals surface area contributed by atoms with E-state index in [0.717, 1.165) is 30.3 Å². The molecule has 1 saturated carbocycles.